The van der Waals surface area contributed by atoms with E-state index in [4.69, 9.17) is 4.52 Å². The van der Waals surface area contributed by atoms with Gasteiger partial charge >= 0.3 is 5.91 Å². The van der Waals surface area contributed by atoms with E-state index in [9.17, 15) is 19.1 Å². The van der Waals surface area contributed by atoms with Crippen molar-refractivity contribution >= 4 is 23.3 Å². The Morgan fingerprint density at radius 1 is 1.06 bits per heavy atom. The smallest absolute Gasteiger partial charge is 0.301 e. The standard InChI is InChI=1S/C24H21FN2O4/c1-24(2,3)17-13-18(26-31-17)27-20(14-9-11-16(25)12-10-14)19(22(29)23(27)30)21(28)15-7-5-4-6-8-15/h4-13,20,28H,1-3H3/b21-19+. The van der Waals surface area contributed by atoms with Gasteiger partial charge in [-0.2, -0.15) is 0 Å². The maximum Gasteiger partial charge on any atom is 0.301 e. The molecule has 1 aliphatic rings. The molecule has 6 nitrogen and oxygen atoms in total. The van der Waals surface area contributed by atoms with E-state index in [1.54, 1.807) is 36.4 Å². The number of carbonyl (C=O) groups excluding carboxylic acids is 2. The van der Waals surface area contributed by atoms with E-state index in [0.29, 0.717) is 16.9 Å². The van der Waals surface area contributed by atoms with Crippen LogP contribution in [0.2, 0.25) is 0 Å². The highest BCUT2D eigenvalue weighted by Crippen LogP contribution is 2.42. The minimum Gasteiger partial charge on any atom is -0.507 e. The molecule has 1 amide bonds. The predicted octanol–water partition coefficient (Wildman–Crippen LogP) is 4.74. The van der Waals surface area contributed by atoms with Gasteiger partial charge in [0, 0.05) is 17.0 Å². The molecule has 0 bridgehead atoms. The first-order chi connectivity index (χ1) is 14.7. The van der Waals surface area contributed by atoms with Crippen LogP contribution < -0.4 is 4.90 Å². The third kappa shape index (κ3) is 3.63. The molecule has 3 aromatic rings. The number of carbonyl (C=O) groups is 2. The van der Waals surface area contributed by atoms with Gasteiger partial charge in [-0.15, -0.1) is 0 Å². The van der Waals surface area contributed by atoms with E-state index in [2.05, 4.69) is 5.16 Å². The van der Waals surface area contributed by atoms with E-state index in [0.717, 1.165) is 0 Å². The van der Waals surface area contributed by atoms with Crippen LogP contribution in [0.25, 0.3) is 5.76 Å². The quantitative estimate of drug-likeness (QED) is 0.376. The molecule has 1 aliphatic heterocycles. The zero-order valence-corrected chi connectivity index (χ0v) is 17.3. The van der Waals surface area contributed by atoms with E-state index in [1.807, 2.05) is 20.8 Å². The lowest BCUT2D eigenvalue weighted by Gasteiger charge is -2.23. The van der Waals surface area contributed by atoms with Crippen molar-refractivity contribution in [2.24, 2.45) is 0 Å². The fourth-order valence-corrected chi connectivity index (χ4v) is 3.51. The van der Waals surface area contributed by atoms with E-state index >= 15 is 0 Å². The largest absolute Gasteiger partial charge is 0.507 e. The van der Waals surface area contributed by atoms with Crippen molar-refractivity contribution in [2.45, 2.75) is 32.2 Å². The summed E-state index contributed by atoms with van der Waals surface area (Å²) in [5, 5.41) is 15.0. The first-order valence-corrected chi connectivity index (χ1v) is 9.77. The number of nitrogens with zero attached hydrogens (tertiary/aromatic N) is 2. The monoisotopic (exact) mass is 420 g/mol. The van der Waals surface area contributed by atoms with Crippen LogP contribution in [-0.4, -0.2) is 22.0 Å². The Morgan fingerprint density at radius 2 is 1.71 bits per heavy atom. The lowest BCUT2D eigenvalue weighted by atomic mass is 9.93. The number of halogens is 1. The Morgan fingerprint density at radius 3 is 2.29 bits per heavy atom. The minimum absolute atomic E-state index is 0.0943. The number of benzene rings is 2. The number of aliphatic hydroxyl groups excluding tert-OH is 1. The summed E-state index contributed by atoms with van der Waals surface area (Å²) in [6.45, 7) is 5.79. The van der Waals surface area contributed by atoms with Crippen molar-refractivity contribution in [3.63, 3.8) is 0 Å². The van der Waals surface area contributed by atoms with Gasteiger partial charge in [-0.3, -0.25) is 14.5 Å². The second-order valence-electron chi connectivity index (χ2n) is 8.39. The molecule has 1 aromatic heterocycles. The molecule has 0 spiro atoms. The molecule has 7 heteroatoms. The summed E-state index contributed by atoms with van der Waals surface area (Å²) in [5.41, 5.74) is 0.387. The van der Waals surface area contributed by atoms with Gasteiger partial charge in [0.15, 0.2) is 5.82 Å². The Balaban J connectivity index is 1.92. The van der Waals surface area contributed by atoms with Crippen LogP contribution in [0, 0.1) is 5.82 Å². The summed E-state index contributed by atoms with van der Waals surface area (Å²) in [7, 11) is 0. The Kier molecular flexibility index (Phi) is 4.97. The van der Waals surface area contributed by atoms with Gasteiger partial charge < -0.3 is 9.63 Å². The van der Waals surface area contributed by atoms with Crippen molar-refractivity contribution in [2.75, 3.05) is 4.90 Å². The van der Waals surface area contributed by atoms with Crippen LogP contribution in [0.1, 0.15) is 43.7 Å². The number of anilines is 1. The zero-order valence-electron chi connectivity index (χ0n) is 17.3. The fourth-order valence-electron chi connectivity index (χ4n) is 3.51. The van der Waals surface area contributed by atoms with Crippen molar-refractivity contribution in [1.29, 1.82) is 0 Å². The van der Waals surface area contributed by atoms with E-state index < -0.39 is 23.5 Å². The van der Waals surface area contributed by atoms with E-state index in [1.165, 1.54) is 29.2 Å². The molecule has 1 saturated heterocycles. The van der Waals surface area contributed by atoms with Crippen LogP contribution in [-0.2, 0) is 15.0 Å². The van der Waals surface area contributed by atoms with Gasteiger partial charge in [-0.25, -0.2) is 4.39 Å². The molecular formula is C24H21FN2O4. The average Bonchev–Trinajstić information content (AvgIpc) is 3.33. The van der Waals surface area contributed by atoms with E-state index in [-0.39, 0.29) is 22.6 Å². The zero-order chi connectivity index (χ0) is 22.3. The number of aliphatic hydroxyl groups is 1. The number of hydrogen-bond donors (Lipinski definition) is 1. The van der Waals surface area contributed by atoms with Crippen LogP contribution in [0.5, 0.6) is 0 Å². The number of amides is 1. The Hall–Kier alpha value is -3.74. The van der Waals surface area contributed by atoms with Gasteiger partial charge in [-0.1, -0.05) is 68.4 Å². The number of hydrogen-bond acceptors (Lipinski definition) is 5. The molecule has 1 atom stereocenters. The normalized spacial score (nSPS) is 18.6. The highest BCUT2D eigenvalue weighted by Gasteiger charge is 2.48. The maximum absolute atomic E-state index is 13.6. The SMILES string of the molecule is CC(C)(C)c1cc(N2C(=O)C(=O)/C(=C(/O)c3ccccc3)C2c2ccc(F)cc2)no1. The number of ketones is 1. The minimum atomic E-state index is -0.987. The summed E-state index contributed by atoms with van der Waals surface area (Å²) in [6.07, 6.45) is 0. The molecule has 2 heterocycles. The molecule has 0 aliphatic carbocycles. The van der Waals surface area contributed by atoms with Crippen LogP contribution >= 0.6 is 0 Å². The maximum atomic E-state index is 13.6. The summed E-state index contributed by atoms with van der Waals surface area (Å²) < 4.78 is 19.0. The van der Waals surface area contributed by atoms with Gasteiger partial charge in [0.2, 0.25) is 0 Å². The lowest BCUT2D eigenvalue weighted by molar-refractivity contribution is -0.132. The van der Waals surface area contributed by atoms with Gasteiger partial charge in [0.05, 0.1) is 11.6 Å². The second-order valence-corrected chi connectivity index (χ2v) is 8.39. The highest BCUT2D eigenvalue weighted by atomic mass is 19.1. The second kappa shape index (κ2) is 7.50. The number of rotatable bonds is 3. The molecule has 0 radical (unpaired) electrons. The molecule has 1 fully saturated rings. The Bertz CT molecular complexity index is 1170. The van der Waals surface area contributed by atoms with Gasteiger partial charge in [-0.05, 0) is 17.7 Å². The summed E-state index contributed by atoms with van der Waals surface area (Å²) >= 11 is 0. The average molecular weight is 420 g/mol. The first kappa shape index (κ1) is 20.5. The molecular weight excluding hydrogens is 399 g/mol. The van der Waals surface area contributed by atoms with Crippen LogP contribution in [0.15, 0.2) is 70.8 Å². The van der Waals surface area contributed by atoms with Crippen molar-refractivity contribution < 1.29 is 23.6 Å². The molecule has 4 rings (SSSR count). The molecule has 1 unspecified atom stereocenters. The Labute approximate surface area is 178 Å². The molecule has 31 heavy (non-hydrogen) atoms. The third-order valence-corrected chi connectivity index (χ3v) is 5.16. The highest BCUT2D eigenvalue weighted by molar-refractivity contribution is 6.51. The lowest BCUT2D eigenvalue weighted by Crippen LogP contribution is -2.29. The first-order valence-electron chi connectivity index (χ1n) is 9.77. The summed E-state index contributed by atoms with van der Waals surface area (Å²) in [6, 6.07) is 14.5. The molecule has 2 aromatic carbocycles. The van der Waals surface area contributed by atoms with Gasteiger partial charge in [0.1, 0.15) is 17.3 Å². The van der Waals surface area contributed by atoms with Crippen molar-refractivity contribution in [3.8, 4) is 0 Å². The number of aromatic nitrogens is 1. The van der Waals surface area contributed by atoms with Crippen LogP contribution in [0.3, 0.4) is 0 Å². The fraction of sp³-hybridized carbons (Fsp3) is 0.208. The predicted molar refractivity (Wildman–Crippen MR) is 113 cm³/mol. The van der Waals surface area contributed by atoms with Crippen molar-refractivity contribution in [3.05, 3.63) is 88.9 Å². The summed E-state index contributed by atoms with van der Waals surface area (Å²) in [4.78, 5) is 27.2. The molecule has 158 valence electrons. The van der Waals surface area contributed by atoms with Crippen LogP contribution in [0.4, 0.5) is 10.2 Å². The molecule has 0 saturated carbocycles. The topological polar surface area (TPSA) is 83.6 Å². The van der Waals surface area contributed by atoms with Gasteiger partial charge in [0.25, 0.3) is 5.78 Å². The number of Topliss-reactive ketones (excluding diaryl/α,β-unsaturated/α-hetero) is 1. The summed E-state index contributed by atoms with van der Waals surface area (Å²) in [5.74, 6) is -1.79. The third-order valence-electron chi connectivity index (χ3n) is 5.16. The van der Waals surface area contributed by atoms with Crippen molar-refractivity contribution in [1.82, 2.24) is 5.16 Å². The molecule has 1 N–H and O–H groups in total.